The van der Waals surface area contributed by atoms with Gasteiger partial charge in [-0.05, 0) is 20.0 Å². The molecule has 0 saturated heterocycles. The minimum absolute atomic E-state index is 1.19. The van der Waals surface area contributed by atoms with Gasteiger partial charge >= 0.3 is 0 Å². The Morgan fingerprint density at radius 2 is 0.375 bits per heavy atom. The standard InChI is InChI=1S/C39H81N/c1-3-4-5-6-7-8-9-10-11-12-13-14-15-16-17-18-19-20-21-22-23-24-25-26-27-28-29-30-31-32-33-34-35-36-37-38-39-40-2/h40H,3-39H2,1-2H3. The monoisotopic (exact) mass is 564 g/mol. The third-order valence-corrected chi connectivity index (χ3v) is 9.28. The Morgan fingerprint density at radius 1 is 0.225 bits per heavy atom. The summed E-state index contributed by atoms with van der Waals surface area (Å²) in [6.45, 7) is 3.50. The smallest absolute Gasteiger partial charge is 0.00519 e. The largest absolute Gasteiger partial charge is 0.320 e. The van der Waals surface area contributed by atoms with E-state index in [2.05, 4.69) is 19.3 Å². The molecule has 0 aromatic rings. The van der Waals surface area contributed by atoms with E-state index in [1.54, 1.807) is 0 Å². The maximum atomic E-state index is 3.24. The molecule has 0 aliphatic heterocycles. The molecule has 1 nitrogen and oxygen atoms in total. The van der Waals surface area contributed by atoms with E-state index in [1.807, 2.05) is 0 Å². The number of hydrogen-bond acceptors (Lipinski definition) is 1. The Hall–Kier alpha value is -0.0400. The van der Waals surface area contributed by atoms with Crippen molar-refractivity contribution < 1.29 is 0 Å². The quantitative estimate of drug-likeness (QED) is 0.0741. The molecule has 0 amide bonds. The summed E-state index contributed by atoms with van der Waals surface area (Å²) in [5.41, 5.74) is 0. The lowest BCUT2D eigenvalue weighted by atomic mass is 10.0. The summed E-state index contributed by atoms with van der Waals surface area (Å²) in [6, 6.07) is 0. The Kier molecular flexibility index (Phi) is 38.9. The second-order valence-electron chi connectivity index (χ2n) is 13.5. The van der Waals surface area contributed by atoms with Gasteiger partial charge in [0.15, 0.2) is 0 Å². The Labute approximate surface area is 256 Å². The van der Waals surface area contributed by atoms with Crippen molar-refractivity contribution >= 4 is 0 Å². The van der Waals surface area contributed by atoms with E-state index in [1.165, 1.54) is 238 Å². The third kappa shape index (κ3) is 38.0. The van der Waals surface area contributed by atoms with Crippen molar-refractivity contribution in [3.8, 4) is 0 Å². The van der Waals surface area contributed by atoms with E-state index in [0.717, 1.165) is 0 Å². The summed E-state index contributed by atoms with van der Waals surface area (Å²) in [5, 5.41) is 3.24. The fourth-order valence-electron chi connectivity index (χ4n) is 6.39. The molecule has 0 heterocycles. The Balaban J connectivity index is 3.01. The first-order chi connectivity index (χ1) is 19.9. The molecule has 1 N–H and O–H groups in total. The molecule has 0 fully saturated rings. The van der Waals surface area contributed by atoms with Crippen LogP contribution in [0.4, 0.5) is 0 Å². The molecule has 1 heteroatoms. The maximum absolute atomic E-state index is 3.24. The summed E-state index contributed by atoms with van der Waals surface area (Å²) < 4.78 is 0. The van der Waals surface area contributed by atoms with E-state index in [-0.39, 0.29) is 0 Å². The van der Waals surface area contributed by atoms with Crippen LogP contribution in [0, 0.1) is 0 Å². The van der Waals surface area contributed by atoms with Gasteiger partial charge in [0.1, 0.15) is 0 Å². The van der Waals surface area contributed by atoms with Gasteiger partial charge in [-0.25, -0.2) is 0 Å². The van der Waals surface area contributed by atoms with Gasteiger partial charge in [-0.1, -0.05) is 232 Å². The molecule has 242 valence electrons. The summed E-state index contributed by atoms with van der Waals surface area (Å²) in [7, 11) is 2.06. The first-order valence-electron chi connectivity index (χ1n) is 19.6. The van der Waals surface area contributed by atoms with Crippen LogP contribution in [0.3, 0.4) is 0 Å². The lowest BCUT2D eigenvalue weighted by Crippen LogP contribution is -2.06. The molecule has 0 radical (unpaired) electrons. The first kappa shape index (κ1) is 40.0. The number of hydrogen-bond donors (Lipinski definition) is 1. The highest BCUT2D eigenvalue weighted by Crippen LogP contribution is 2.17. The van der Waals surface area contributed by atoms with Gasteiger partial charge in [-0.3, -0.25) is 0 Å². The third-order valence-electron chi connectivity index (χ3n) is 9.28. The zero-order valence-corrected chi connectivity index (χ0v) is 28.7. The van der Waals surface area contributed by atoms with Crippen molar-refractivity contribution in [2.75, 3.05) is 13.6 Å². The molecular weight excluding hydrogens is 482 g/mol. The second kappa shape index (κ2) is 39.0. The van der Waals surface area contributed by atoms with Crippen molar-refractivity contribution in [3.63, 3.8) is 0 Å². The highest BCUT2D eigenvalue weighted by atomic mass is 14.8. The average Bonchev–Trinajstić information content (AvgIpc) is 2.97. The van der Waals surface area contributed by atoms with Crippen LogP contribution in [0.2, 0.25) is 0 Å². The molecule has 0 bridgehead atoms. The first-order valence-corrected chi connectivity index (χ1v) is 19.6. The highest BCUT2D eigenvalue weighted by Gasteiger charge is 1.97. The predicted octanol–water partition coefficient (Wildman–Crippen LogP) is 14.3. The molecule has 0 aliphatic rings. The van der Waals surface area contributed by atoms with Crippen LogP contribution in [0.5, 0.6) is 0 Å². The maximum Gasteiger partial charge on any atom is -0.00519 e. The van der Waals surface area contributed by atoms with Crippen LogP contribution in [0.15, 0.2) is 0 Å². The van der Waals surface area contributed by atoms with Crippen molar-refractivity contribution in [1.29, 1.82) is 0 Å². The van der Waals surface area contributed by atoms with Crippen LogP contribution in [0.25, 0.3) is 0 Å². The summed E-state index contributed by atoms with van der Waals surface area (Å²) in [4.78, 5) is 0. The molecule has 0 aliphatic carbocycles. The lowest BCUT2D eigenvalue weighted by Gasteiger charge is -2.05. The van der Waals surface area contributed by atoms with Gasteiger partial charge in [0, 0.05) is 0 Å². The Morgan fingerprint density at radius 3 is 0.525 bits per heavy atom. The van der Waals surface area contributed by atoms with Crippen molar-refractivity contribution in [1.82, 2.24) is 5.32 Å². The van der Waals surface area contributed by atoms with Crippen molar-refractivity contribution in [2.45, 2.75) is 238 Å². The van der Waals surface area contributed by atoms with Gasteiger partial charge in [-0.15, -0.1) is 0 Å². The molecule has 0 aromatic heterocycles. The van der Waals surface area contributed by atoms with E-state index in [4.69, 9.17) is 0 Å². The van der Waals surface area contributed by atoms with Crippen LogP contribution >= 0.6 is 0 Å². The number of nitrogens with one attached hydrogen (secondary N) is 1. The number of rotatable bonds is 37. The van der Waals surface area contributed by atoms with Gasteiger partial charge in [-0.2, -0.15) is 0 Å². The van der Waals surface area contributed by atoms with Crippen LogP contribution < -0.4 is 5.32 Å². The molecular formula is C39H81N. The zero-order valence-electron chi connectivity index (χ0n) is 28.7. The average molecular weight is 564 g/mol. The van der Waals surface area contributed by atoms with Crippen molar-refractivity contribution in [3.05, 3.63) is 0 Å². The molecule has 0 saturated carbocycles. The fraction of sp³-hybridized carbons (Fsp3) is 1.00. The highest BCUT2D eigenvalue weighted by molar-refractivity contribution is 4.53. The van der Waals surface area contributed by atoms with Gasteiger partial charge in [0.2, 0.25) is 0 Å². The molecule has 0 aromatic carbocycles. The normalized spacial score (nSPS) is 11.6. The minimum Gasteiger partial charge on any atom is -0.320 e. The minimum atomic E-state index is 1.19. The van der Waals surface area contributed by atoms with Gasteiger partial charge in [0.05, 0.1) is 0 Å². The summed E-state index contributed by atoms with van der Waals surface area (Å²) in [5.74, 6) is 0. The Bertz CT molecular complexity index is 368. The topological polar surface area (TPSA) is 12.0 Å². The van der Waals surface area contributed by atoms with Gasteiger partial charge in [0.25, 0.3) is 0 Å². The fourth-order valence-corrected chi connectivity index (χ4v) is 6.39. The second-order valence-corrected chi connectivity index (χ2v) is 13.5. The number of unbranched alkanes of at least 4 members (excludes halogenated alkanes) is 35. The van der Waals surface area contributed by atoms with Crippen LogP contribution in [-0.4, -0.2) is 13.6 Å². The molecule has 0 spiro atoms. The van der Waals surface area contributed by atoms with E-state index in [0.29, 0.717) is 0 Å². The van der Waals surface area contributed by atoms with Crippen molar-refractivity contribution in [2.24, 2.45) is 0 Å². The zero-order chi connectivity index (χ0) is 28.9. The van der Waals surface area contributed by atoms with E-state index < -0.39 is 0 Å². The molecule has 0 atom stereocenters. The molecule has 0 rings (SSSR count). The van der Waals surface area contributed by atoms with E-state index >= 15 is 0 Å². The molecule has 40 heavy (non-hydrogen) atoms. The lowest BCUT2D eigenvalue weighted by molar-refractivity contribution is 0.510. The SMILES string of the molecule is CCCCCCCCCCCCCCCCCCCCCCCCCCCCCCCCCCCCCCNC. The van der Waals surface area contributed by atoms with Crippen LogP contribution in [-0.2, 0) is 0 Å². The van der Waals surface area contributed by atoms with Crippen LogP contribution in [0.1, 0.15) is 238 Å². The van der Waals surface area contributed by atoms with E-state index in [9.17, 15) is 0 Å². The summed E-state index contributed by atoms with van der Waals surface area (Å²) >= 11 is 0. The van der Waals surface area contributed by atoms with Gasteiger partial charge < -0.3 is 5.32 Å². The summed E-state index contributed by atoms with van der Waals surface area (Å²) in [6.07, 6.45) is 53.2. The molecule has 0 unspecified atom stereocenters. The predicted molar refractivity (Wildman–Crippen MR) is 186 cm³/mol.